The van der Waals surface area contributed by atoms with E-state index in [1.807, 2.05) is 35.9 Å². The van der Waals surface area contributed by atoms with Gasteiger partial charge in [0.1, 0.15) is 5.82 Å². The monoisotopic (exact) mass is 370 g/mol. The average Bonchev–Trinajstić information content (AvgIpc) is 2.97. The largest absolute Gasteiger partial charge is 0.352 e. The molecule has 2 amide bonds. The molecule has 3 rings (SSSR count). The van der Waals surface area contributed by atoms with Crippen molar-refractivity contribution in [2.75, 3.05) is 6.54 Å². The van der Waals surface area contributed by atoms with Crippen LogP contribution in [0, 0.1) is 0 Å². The molecule has 0 bridgehead atoms. The second-order valence-electron chi connectivity index (χ2n) is 5.87. The topological polar surface area (TPSA) is 76.0 Å². The van der Waals surface area contributed by atoms with Gasteiger partial charge in [-0.25, -0.2) is 4.98 Å². The molecule has 0 radical (unpaired) electrons. The number of nitrogens with zero attached hydrogens (tertiary/aromatic N) is 2. The van der Waals surface area contributed by atoms with Gasteiger partial charge in [-0.3, -0.25) is 9.59 Å². The third-order valence-corrected chi connectivity index (χ3v) is 4.32. The zero-order valence-electron chi connectivity index (χ0n) is 14.3. The van der Waals surface area contributed by atoms with Gasteiger partial charge in [0.25, 0.3) is 5.91 Å². The van der Waals surface area contributed by atoms with Crippen LogP contribution in [0.4, 0.5) is 0 Å². The number of nitrogens with one attached hydrogen (secondary N) is 2. The van der Waals surface area contributed by atoms with Crippen LogP contribution in [0.1, 0.15) is 22.6 Å². The number of halogens is 1. The predicted octanol–water partition coefficient (Wildman–Crippen LogP) is 2.66. The summed E-state index contributed by atoms with van der Waals surface area (Å²) in [4.78, 5) is 28.5. The number of hydrogen-bond acceptors (Lipinski definition) is 3. The lowest BCUT2D eigenvalue weighted by Crippen LogP contribution is -2.31. The zero-order chi connectivity index (χ0) is 18.5. The van der Waals surface area contributed by atoms with Crippen LogP contribution in [0.5, 0.6) is 0 Å². The normalized spacial score (nSPS) is 10.7. The number of amides is 2. The van der Waals surface area contributed by atoms with E-state index in [0.717, 1.165) is 16.9 Å². The molecule has 0 fully saturated rings. The lowest BCUT2D eigenvalue weighted by molar-refractivity contribution is -0.121. The van der Waals surface area contributed by atoms with Gasteiger partial charge in [-0.1, -0.05) is 23.7 Å². The van der Waals surface area contributed by atoms with Crippen molar-refractivity contribution in [1.29, 1.82) is 0 Å². The van der Waals surface area contributed by atoms with Gasteiger partial charge in [-0.15, -0.1) is 0 Å². The molecule has 0 aliphatic heterocycles. The fraction of sp³-hybridized carbons (Fsp3) is 0.211. The summed E-state index contributed by atoms with van der Waals surface area (Å²) in [5.41, 5.74) is 2.43. The van der Waals surface area contributed by atoms with Gasteiger partial charge in [-0.2, -0.15) is 0 Å². The van der Waals surface area contributed by atoms with Gasteiger partial charge >= 0.3 is 0 Å². The van der Waals surface area contributed by atoms with Crippen LogP contribution in [-0.2, 0) is 18.4 Å². The molecule has 0 aliphatic rings. The van der Waals surface area contributed by atoms with Gasteiger partial charge < -0.3 is 15.2 Å². The van der Waals surface area contributed by atoms with E-state index in [-0.39, 0.29) is 24.8 Å². The van der Waals surface area contributed by atoms with Crippen LogP contribution in [0.3, 0.4) is 0 Å². The molecule has 0 unspecified atom stereocenters. The van der Waals surface area contributed by atoms with E-state index in [4.69, 9.17) is 11.6 Å². The van der Waals surface area contributed by atoms with Crippen molar-refractivity contribution in [2.45, 2.75) is 13.0 Å². The Morgan fingerprint density at radius 3 is 2.54 bits per heavy atom. The maximum absolute atomic E-state index is 12.0. The molecule has 0 spiro atoms. The summed E-state index contributed by atoms with van der Waals surface area (Å²) >= 11 is 5.79. The summed E-state index contributed by atoms with van der Waals surface area (Å²) in [6.07, 6.45) is 0.198. The van der Waals surface area contributed by atoms with Gasteiger partial charge in [0.05, 0.1) is 17.6 Å². The van der Waals surface area contributed by atoms with E-state index >= 15 is 0 Å². The number of rotatable bonds is 6. The van der Waals surface area contributed by atoms with Crippen LogP contribution >= 0.6 is 11.6 Å². The summed E-state index contributed by atoms with van der Waals surface area (Å²) in [5, 5.41) is 6.12. The van der Waals surface area contributed by atoms with E-state index in [0.29, 0.717) is 17.1 Å². The van der Waals surface area contributed by atoms with Crippen LogP contribution in [0.15, 0.2) is 48.5 Å². The van der Waals surface area contributed by atoms with Gasteiger partial charge in [0.2, 0.25) is 5.91 Å². The highest BCUT2D eigenvalue weighted by molar-refractivity contribution is 6.30. The molecule has 26 heavy (non-hydrogen) atoms. The van der Waals surface area contributed by atoms with E-state index in [1.54, 1.807) is 24.3 Å². The molecule has 7 heteroatoms. The molecule has 2 aromatic carbocycles. The summed E-state index contributed by atoms with van der Waals surface area (Å²) in [5.74, 6) is 0.406. The SMILES string of the molecule is Cn1c(CNC(=O)CCNC(=O)c2ccc(Cl)cc2)nc2ccccc21. The van der Waals surface area contributed by atoms with Crippen LogP contribution in [0.2, 0.25) is 5.02 Å². The van der Waals surface area contributed by atoms with E-state index in [1.165, 1.54) is 0 Å². The number of imidazole rings is 1. The van der Waals surface area contributed by atoms with Crippen molar-refractivity contribution >= 4 is 34.4 Å². The molecule has 1 heterocycles. The second kappa shape index (κ2) is 8.01. The van der Waals surface area contributed by atoms with Crippen molar-refractivity contribution < 1.29 is 9.59 Å². The third kappa shape index (κ3) is 4.21. The molecule has 3 aromatic rings. The number of aromatic nitrogens is 2. The van der Waals surface area contributed by atoms with Crippen molar-refractivity contribution in [2.24, 2.45) is 7.05 Å². The Kier molecular flexibility index (Phi) is 5.53. The number of benzene rings is 2. The number of hydrogen-bond donors (Lipinski definition) is 2. The Morgan fingerprint density at radius 2 is 1.81 bits per heavy atom. The summed E-state index contributed by atoms with van der Waals surface area (Å²) in [7, 11) is 1.92. The van der Waals surface area contributed by atoms with Gasteiger partial charge in [0.15, 0.2) is 0 Å². The minimum Gasteiger partial charge on any atom is -0.352 e. The highest BCUT2D eigenvalue weighted by atomic mass is 35.5. The summed E-state index contributed by atoms with van der Waals surface area (Å²) in [6.45, 7) is 0.602. The Bertz CT molecular complexity index is 934. The first-order valence-electron chi connectivity index (χ1n) is 8.25. The summed E-state index contributed by atoms with van der Waals surface area (Å²) in [6, 6.07) is 14.4. The van der Waals surface area contributed by atoms with Gasteiger partial charge in [-0.05, 0) is 36.4 Å². The highest BCUT2D eigenvalue weighted by Crippen LogP contribution is 2.14. The van der Waals surface area contributed by atoms with Crippen LogP contribution < -0.4 is 10.6 Å². The molecular formula is C19H19ClN4O2. The van der Waals surface area contributed by atoms with E-state index < -0.39 is 0 Å². The van der Waals surface area contributed by atoms with Crippen molar-refractivity contribution in [3.63, 3.8) is 0 Å². The zero-order valence-corrected chi connectivity index (χ0v) is 15.1. The molecule has 0 saturated carbocycles. The fourth-order valence-electron chi connectivity index (χ4n) is 2.61. The third-order valence-electron chi connectivity index (χ3n) is 4.07. The Hall–Kier alpha value is -2.86. The maximum Gasteiger partial charge on any atom is 0.251 e. The molecule has 6 nitrogen and oxygen atoms in total. The van der Waals surface area contributed by atoms with Crippen molar-refractivity contribution in [3.8, 4) is 0 Å². The molecule has 0 atom stereocenters. The maximum atomic E-state index is 12.0. The minimum atomic E-state index is -0.232. The van der Waals surface area contributed by atoms with E-state index in [9.17, 15) is 9.59 Å². The second-order valence-corrected chi connectivity index (χ2v) is 6.30. The first-order chi connectivity index (χ1) is 12.5. The molecule has 1 aromatic heterocycles. The fourth-order valence-corrected chi connectivity index (χ4v) is 2.74. The van der Waals surface area contributed by atoms with E-state index in [2.05, 4.69) is 15.6 Å². The molecule has 134 valence electrons. The quantitative estimate of drug-likeness (QED) is 0.700. The number of carbonyl (C=O) groups is 2. The average molecular weight is 371 g/mol. The molecule has 0 aliphatic carbocycles. The first kappa shape index (κ1) is 17.9. The van der Waals surface area contributed by atoms with Crippen LogP contribution in [-0.4, -0.2) is 27.9 Å². The first-order valence-corrected chi connectivity index (χ1v) is 8.63. The Morgan fingerprint density at radius 1 is 1.08 bits per heavy atom. The highest BCUT2D eigenvalue weighted by Gasteiger charge is 2.10. The summed E-state index contributed by atoms with van der Waals surface area (Å²) < 4.78 is 1.96. The lowest BCUT2D eigenvalue weighted by atomic mass is 10.2. The van der Waals surface area contributed by atoms with Gasteiger partial charge in [0, 0.05) is 30.6 Å². The lowest BCUT2D eigenvalue weighted by Gasteiger charge is -2.07. The Balaban J connectivity index is 1.46. The van der Waals surface area contributed by atoms with Crippen molar-refractivity contribution in [1.82, 2.24) is 20.2 Å². The number of aryl methyl sites for hydroxylation is 1. The number of para-hydroxylation sites is 2. The Labute approximate surface area is 156 Å². The molecule has 0 saturated heterocycles. The van der Waals surface area contributed by atoms with Crippen molar-refractivity contribution in [3.05, 3.63) is 64.9 Å². The minimum absolute atomic E-state index is 0.145. The molecular weight excluding hydrogens is 352 g/mol. The predicted molar refractivity (Wildman–Crippen MR) is 101 cm³/mol. The smallest absolute Gasteiger partial charge is 0.251 e. The standard InChI is InChI=1S/C19H19ClN4O2/c1-24-16-5-3-2-4-15(16)23-17(24)12-22-18(25)10-11-21-19(26)13-6-8-14(20)9-7-13/h2-9H,10-12H2,1H3,(H,21,26)(H,22,25). The number of fused-ring (bicyclic) bond motifs is 1. The number of carbonyl (C=O) groups excluding carboxylic acids is 2. The van der Waals surface area contributed by atoms with Crippen LogP contribution in [0.25, 0.3) is 11.0 Å². The molecule has 2 N–H and O–H groups in total.